The molecule has 1 aromatic heterocycles. The van der Waals surface area contributed by atoms with Gasteiger partial charge in [-0.2, -0.15) is 0 Å². The fraction of sp³-hybridized carbons (Fsp3) is 0.154. The molecular formula is C13H13FN2. The first-order valence-electron chi connectivity index (χ1n) is 5.11. The first-order chi connectivity index (χ1) is 7.70. The van der Waals surface area contributed by atoms with Gasteiger partial charge in [0.25, 0.3) is 0 Å². The van der Waals surface area contributed by atoms with Crippen molar-refractivity contribution in [3.05, 3.63) is 53.6 Å². The number of aryl methyl sites for hydroxylation is 1. The van der Waals surface area contributed by atoms with E-state index >= 15 is 0 Å². The Balaban J connectivity index is 2.54. The summed E-state index contributed by atoms with van der Waals surface area (Å²) >= 11 is 0. The van der Waals surface area contributed by atoms with Crippen molar-refractivity contribution in [2.45, 2.75) is 13.5 Å². The van der Waals surface area contributed by atoms with E-state index < -0.39 is 0 Å². The smallest absolute Gasteiger partial charge is 0.142 e. The number of benzene rings is 1. The van der Waals surface area contributed by atoms with E-state index in [0.717, 1.165) is 22.3 Å². The second kappa shape index (κ2) is 4.41. The van der Waals surface area contributed by atoms with Crippen LogP contribution in [-0.4, -0.2) is 4.98 Å². The molecule has 0 aliphatic carbocycles. The van der Waals surface area contributed by atoms with E-state index in [1.807, 2.05) is 25.1 Å². The minimum absolute atomic E-state index is 0.324. The summed E-state index contributed by atoms with van der Waals surface area (Å²) in [5, 5.41) is 0. The number of nitrogens with two attached hydrogens (primary N) is 1. The van der Waals surface area contributed by atoms with Crippen LogP contribution in [0.5, 0.6) is 0 Å². The molecular weight excluding hydrogens is 203 g/mol. The van der Waals surface area contributed by atoms with E-state index in [-0.39, 0.29) is 5.82 Å². The first-order valence-corrected chi connectivity index (χ1v) is 5.11. The SMILES string of the molecule is Cc1ccc(CN)cc1-c1cncc(F)c1. The summed E-state index contributed by atoms with van der Waals surface area (Å²) in [6.07, 6.45) is 2.86. The van der Waals surface area contributed by atoms with Crippen LogP contribution < -0.4 is 5.73 Å². The van der Waals surface area contributed by atoms with Crippen LogP contribution in [-0.2, 0) is 6.54 Å². The van der Waals surface area contributed by atoms with Crippen molar-refractivity contribution in [3.8, 4) is 11.1 Å². The van der Waals surface area contributed by atoms with Gasteiger partial charge in [0, 0.05) is 18.3 Å². The van der Waals surface area contributed by atoms with E-state index in [0.29, 0.717) is 6.54 Å². The molecule has 1 heterocycles. The van der Waals surface area contributed by atoms with Gasteiger partial charge in [-0.1, -0.05) is 12.1 Å². The van der Waals surface area contributed by atoms with Gasteiger partial charge < -0.3 is 5.73 Å². The lowest BCUT2D eigenvalue weighted by Crippen LogP contribution is -1.97. The van der Waals surface area contributed by atoms with Gasteiger partial charge >= 0.3 is 0 Å². The zero-order valence-corrected chi connectivity index (χ0v) is 9.07. The van der Waals surface area contributed by atoms with Crippen LogP contribution in [0.25, 0.3) is 11.1 Å². The molecule has 16 heavy (non-hydrogen) atoms. The summed E-state index contributed by atoms with van der Waals surface area (Å²) in [4.78, 5) is 3.85. The molecule has 2 rings (SSSR count). The minimum Gasteiger partial charge on any atom is -0.326 e. The molecule has 0 aliphatic rings. The predicted octanol–water partition coefficient (Wildman–Crippen LogP) is 2.65. The summed E-state index contributed by atoms with van der Waals surface area (Å²) < 4.78 is 13.1. The molecule has 82 valence electrons. The standard InChI is InChI=1S/C13H13FN2/c1-9-2-3-10(6-15)4-13(9)11-5-12(14)8-16-7-11/h2-5,7-8H,6,15H2,1H3. The number of hydrogen-bond donors (Lipinski definition) is 1. The summed E-state index contributed by atoms with van der Waals surface area (Å²) in [7, 11) is 0. The average molecular weight is 216 g/mol. The Kier molecular flexibility index (Phi) is 2.97. The number of rotatable bonds is 2. The van der Waals surface area contributed by atoms with E-state index in [2.05, 4.69) is 4.98 Å². The number of aromatic nitrogens is 1. The number of halogens is 1. The van der Waals surface area contributed by atoms with E-state index in [9.17, 15) is 4.39 Å². The fourth-order valence-electron chi connectivity index (χ4n) is 1.67. The van der Waals surface area contributed by atoms with Crippen LogP contribution in [0.2, 0.25) is 0 Å². The Labute approximate surface area is 93.9 Å². The average Bonchev–Trinajstić information content (AvgIpc) is 2.30. The molecule has 0 amide bonds. The number of hydrogen-bond acceptors (Lipinski definition) is 2. The van der Waals surface area contributed by atoms with Crippen LogP contribution in [0.1, 0.15) is 11.1 Å². The quantitative estimate of drug-likeness (QED) is 0.838. The third-order valence-corrected chi connectivity index (χ3v) is 2.55. The maximum absolute atomic E-state index is 13.1. The van der Waals surface area contributed by atoms with Crippen LogP contribution in [0, 0.1) is 12.7 Å². The molecule has 0 saturated heterocycles. The summed E-state index contributed by atoms with van der Waals surface area (Å²) in [5.74, 6) is -0.324. The van der Waals surface area contributed by atoms with Crippen LogP contribution in [0.3, 0.4) is 0 Å². The topological polar surface area (TPSA) is 38.9 Å². The molecule has 0 unspecified atom stereocenters. The second-order valence-corrected chi connectivity index (χ2v) is 3.75. The van der Waals surface area contributed by atoms with Crippen LogP contribution >= 0.6 is 0 Å². The van der Waals surface area contributed by atoms with Crippen molar-refractivity contribution in [1.82, 2.24) is 4.98 Å². The maximum atomic E-state index is 13.1. The Bertz CT molecular complexity index is 509. The van der Waals surface area contributed by atoms with Crippen molar-refractivity contribution in [1.29, 1.82) is 0 Å². The monoisotopic (exact) mass is 216 g/mol. The van der Waals surface area contributed by atoms with Gasteiger partial charge in [0.05, 0.1) is 6.20 Å². The van der Waals surface area contributed by atoms with Crippen molar-refractivity contribution in [2.24, 2.45) is 5.73 Å². The third-order valence-electron chi connectivity index (χ3n) is 2.55. The molecule has 0 aliphatic heterocycles. The largest absolute Gasteiger partial charge is 0.326 e. The summed E-state index contributed by atoms with van der Waals surface area (Å²) in [6.45, 7) is 2.47. The molecule has 0 atom stereocenters. The predicted molar refractivity (Wildman–Crippen MR) is 62.3 cm³/mol. The fourth-order valence-corrected chi connectivity index (χ4v) is 1.67. The van der Waals surface area contributed by atoms with Crippen LogP contribution in [0.15, 0.2) is 36.7 Å². The second-order valence-electron chi connectivity index (χ2n) is 3.75. The zero-order chi connectivity index (χ0) is 11.5. The molecule has 0 saturated carbocycles. The Morgan fingerprint density at radius 3 is 2.75 bits per heavy atom. The highest BCUT2D eigenvalue weighted by atomic mass is 19.1. The summed E-state index contributed by atoms with van der Waals surface area (Å²) in [6, 6.07) is 7.43. The highest BCUT2D eigenvalue weighted by Gasteiger charge is 2.04. The van der Waals surface area contributed by atoms with Gasteiger partial charge in [0.1, 0.15) is 5.82 Å². The van der Waals surface area contributed by atoms with Crippen molar-refractivity contribution in [2.75, 3.05) is 0 Å². The van der Waals surface area contributed by atoms with Gasteiger partial charge in [0.15, 0.2) is 0 Å². The Morgan fingerprint density at radius 1 is 1.25 bits per heavy atom. The highest BCUT2D eigenvalue weighted by Crippen LogP contribution is 2.24. The molecule has 2 N–H and O–H groups in total. The van der Waals surface area contributed by atoms with Crippen molar-refractivity contribution in [3.63, 3.8) is 0 Å². The first kappa shape index (κ1) is 10.8. The van der Waals surface area contributed by atoms with Crippen molar-refractivity contribution >= 4 is 0 Å². The Hall–Kier alpha value is -1.74. The van der Waals surface area contributed by atoms with Crippen LogP contribution in [0.4, 0.5) is 4.39 Å². The van der Waals surface area contributed by atoms with E-state index in [1.165, 1.54) is 12.3 Å². The minimum atomic E-state index is -0.324. The molecule has 0 fully saturated rings. The molecule has 3 heteroatoms. The van der Waals surface area contributed by atoms with Crippen molar-refractivity contribution < 1.29 is 4.39 Å². The van der Waals surface area contributed by atoms with Gasteiger partial charge in [0.2, 0.25) is 0 Å². The maximum Gasteiger partial charge on any atom is 0.142 e. The Morgan fingerprint density at radius 2 is 2.06 bits per heavy atom. The van der Waals surface area contributed by atoms with Gasteiger partial charge in [-0.3, -0.25) is 4.98 Å². The van der Waals surface area contributed by atoms with Gasteiger partial charge in [-0.05, 0) is 35.7 Å². The number of pyridine rings is 1. The highest BCUT2D eigenvalue weighted by molar-refractivity contribution is 5.67. The third kappa shape index (κ3) is 2.09. The zero-order valence-electron chi connectivity index (χ0n) is 9.07. The lowest BCUT2D eigenvalue weighted by Gasteiger charge is -2.07. The van der Waals surface area contributed by atoms with E-state index in [4.69, 9.17) is 5.73 Å². The lowest BCUT2D eigenvalue weighted by molar-refractivity contribution is 0.622. The molecule has 2 nitrogen and oxygen atoms in total. The lowest BCUT2D eigenvalue weighted by atomic mass is 9.99. The van der Waals surface area contributed by atoms with Gasteiger partial charge in [-0.15, -0.1) is 0 Å². The van der Waals surface area contributed by atoms with E-state index in [1.54, 1.807) is 6.20 Å². The molecule has 1 aromatic carbocycles. The normalized spacial score (nSPS) is 10.4. The summed E-state index contributed by atoms with van der Waals surface area (Å²) in [5.41, 5.74) is 9.47. The van der Waals surface area contributed by atoms with Gasteiger partial charge in [-0.25, -0.2) is 4.39 Å². The molecule has 0 bridgehead atoms. The molecule has 0 spiro atoms. The molecule has 2 aromatic rings. The number of nitrogens with zero attached hydrogens (tertiary/aromatic N) is 1. The molecule has 0 radical (unpaired) electrons.